The minimum absolute atomic E-state index is 0.0354. The molecule has 1 amide bonds. The Balaban J connectivity index is 2.03. The van der Waals surface area contributed by atoms with E-state index in [9.17, 15) is 18.4 Å². The molecule has 1 aliphatic heterocycles. The standard InChI is InChI=1S/C15H9F2NO2/c16-10-4-1-3-9(7-10)8-18-13-11(14(19)15(18)20)5-2-6-12(13)17/h1-7H,8H2. The van der Waals surface area contributed by atoms with Gasteiger partial charge in [0.05, 0.1) is 17.8 Å². The summed E-state index contributed by atoms with van der Waals surface area (Å²) < 4.78 is 27.0. The van der Waals surface area contributed by atoms with Crippen molar-refractivity contribution in [2.75, 3.05) is 4.90 Å². The van der Waals surface area contributed by atoms with E-state index < -0.39 is 23.3 Å². The predicted molar refractivity (Wildman–Crippen MR) is 68.3 cm³/mol. The van der Waals surface area contributed by atoms with E-state index in [-0.39, 0.29) is 17.8 Å². The molecule has 0 saturated carbocycles. The molecule has 0 saturated heterocycles. The molecule has 0 fully saturated rings. The maximum absolute atomic E-state index is 13.8. The topological polar surface area (TPSA) is 37.4 Å². The number of hydrogen-bond acceptors (Lipinski definition) is 2. The minimum atomic E-state index is -0.797. The molecule has 3 rings (SSSR count). The Morgan fingerprint density at radius 1 is 1.00 bits per heavy atom. The average molecular weight is 273 g/mol. The number of amides is 1. The normalized spacial score (nSPS) is 13.8. The van der Waals surface area contributed by atoms with E-state index in [0.717, 1.165) is 4.90 Å². The number of hydrogen-bond donors (Lipinski definition) is 0. The second kappa shape index (κ2) is 4.52. The van der Waals surface area contributed by atoms with Crippen molar-refractivity contribution >= 4 is 17.4 Å². The second-order valence-electron chi connectivity index (χ2n) is 4.49. The zero-order chi connectivity index (χ0) is 14.3. The lowest BCUT2D eigenvalue weighted by molar-refractivity contribution is -0.114. The van der Waals surface area contributed by atoms with E-state index in [4.69, 9.17) is 0 Å². The summed E-state index contributed by atoms with van der Waals surface area (Å²) in [5.41, 5.74) is 0.500. The molecule has 0 unspecified atom stereocenters. The van der Waals surface area contributed by atoms with Gasteiger partial charge in [-0.3, -0.25) is 14.5 Å². The van der Waals surface area contributed by atoms with Crippen LogP contribution in [0.2, 0.25) is 0 Å². The number of para-hydroxylation sites is 1. The highest BCUT2D eigenvalue weighted by atomic mass is 19.1. The number of halogens is 2. The van der Waals surface area contributed by atoms with Crippen LogP contribution in [0, 0.1) is 11.6 Å². The molecule has 1 aliphatic rings. The highest BCUT2D eigenvalue weighted by Crippen LogP contribution is 2.32. The molecule has 0 atom stereocenters. The van der Waals surface area contributed by atoms with Crippen molar-refractivity contribution in [3.63, 3.8) is 0 Å². The van der Waals surface area contributed by atoms with Gasteiger partial charge >= 0.3 is 0 Å². The Labute approximate surface area is 113 Å². The average Bonchev–Trinajstić information content (AvgIpc) is 2.66. The molecule has 3 nitrogen and oxygen atoms in total. The van der Waals surface area contributed by atoms with Gasteiger partial charge in [-0.2, -0.15) is 0 Å². The van der Waals surface area contributed by atoms with Gasteiger partial charge in [0.15, 0.2) is 0 Å². The number of anilines is 1. The highest BCUT2D eigenvalue weighted by Gasteiger charge is 2.37. The first kappa shape index (κ1) is 12.5. The quantitative estimate of drug-likeness (QED) is 0.789. The van der Waals surface area contributed by atoms with Crippen LogP contribution < -0.4 is 4.90 Å². The van der Waals surface area contributed by atoms with Crippen molar-refractivity contribution in [1.82, 2.24) is 0 Å². The first-order valence-corrected chi connectivity index (χ1v) is 5.97. The van der Waals surface area contributed by atoms with Gasteiger partial charge in [-0.1, -0.05) is 18.2 Å². The Morgan fingerprint density at radius 3 is 2.50 bits per heavy atom. The SMILES string of the molecule is O=C1C(=O)N(Cc2cccc(F)c2)c2c(F)cccc21. The Hall–Kier alpha value is -2.56. The van der Waals surface area contributed by atoms with E-state index in [0.29, 0.717) is 5.56 Å². The van der Waals surface area contributed by atoms with Crippen molar-refractivity contribution in [1.29, 1.82) is 0 Å². The van der Waals surface area contributed by atoms with Crippen molar-refractivity contribution in [3.05, 3.63) is 65.2 Å². The summed E-state index contributed by atoms with van der Waals surface area (Å²) in [7, 11) is 0. The Bertz CT molecular complexity index is 728. The molecular formula is C15H9F2NO2. The molecule has 2 aromatic carbocycles. The highest BCUT2D eigenvalue weighted by molar-refractivity contribution is 6.52. The number of benzene rings is 2. The lowest BCUT2D eigenvalue weighted by Crippen LogP contribution is -2.29. The number of fused-ring (bicyclic) bond motifs is 1. The smallest absolute Gasteiger partial charge is 0.298 e. The molecule has 5 heteroatoms. The van der Waals surface area contributed by atoms with Gasteiger partial charge in [-0.15, -0.1) is 0 Å². The largest absolute Gasteiger partial charge is 0.299 e. The summed E-state index contributed by atoms with van der Waals surface area (Å²) in [6, 6.07) is 9.60. The molecule has 1 heterocycles. The van der Waals surface area contributed by atoms with Crippen molar-refractivity contribution < 1.29 is 18.4 Å². The van der Waals surface area contributed by atoms with E-state index in [2.05, 4.69) is 0 Å². The minimum Gasteiger partial charge on any atom is -0.298 e. The van der Waals surface area contributed by atoms with Crippen molar-refractivity contribution in [2.24, 2.45) is 0 Å². The predicted octanol–water partition coefficient (Wildman–Crippen LogP) is 2.69. The zero-order valence-corrected chi connectivity index (χ0v) is 10.3. The third-order valence-corrected chi connectivity index (χ3v) is 3.17. The van der Waals surface area contributed by atoms with E-state index in [1.54, 1.807) is 6.07 Å². The van der Waals surface area contributed by atoms with Gasteiger partial charge in [0.1, 0.15) is 11.6 Å². The molecule has 0 spiro atoms. The molecule has 0 N–H and O–H groups in total. The number of carbonyl (C=O) groups excluding carboxylic acids is 2. The van der Waals surface area contributed by atoms with Gasteiger partial charge < -0.3 is 0 Å². The van der Waals surface area contributed by atoms with Crippen LogP contribution in [-0.2, 0) is 11.3 Å². The fourth-order valence-corrected chi connectivity index (χ4v) is 2.28. The van der Waals surface area contributed by atoms with E-state index in [1.165, 1.54) is 36.4 Å². The molecule has 2 aromatic rings. The molecule has 0 bridgehead atoms. The summed E-state index contributed by atoms with van der Waals surface area (Å²) in [5, 5.41) is 0. The van der Waals surface area contributed by atoms with Crippen LogP contribution in [-0.4, -0.2) is 11.7 Å². The summed E-state index contributed by atoms with van der Waals surface area (Å²) in [5.74, 6) is -2.63. The van der Waals surface area contributed by atoms with Gasteiger partial charge in [0.25, 0.3) is 11.7 Å². The summed E-state index contributed by atoms with van der Waals surface area (Å²) >= 11 is 0. The van der Waals surface area contributed by atoms with E-state index in [1.807, 2.05) is 0 Å². The lowest BCUT2D eigenvalue weighted by Gasteiger charge is -2.17. The first-order chi connectivity index (χ1) is 9.58. The fraction of sp³-hybridized carbons (Fsp3) is 0.0667. The third kappa shape index (κ3) is 1.87. The van der Waals surface area contributed by atoms with Gasteiger partial charge in [-0.25, -0.2) is 8.78 Å². The van der Waals surface area contributed by atoms with Crippen LogP contribution >= 0.6 is 0 Å². The summed E-state index contributed by atoms with van der Waals surface area (Å²) in [6.07, 6.45) is 0. The summed E-state index contributed by atoms with van der Waals surface area (Å²) in [6.45, 7) is -0.0454. The zero-order valence-electron chi connectivity index (χ0n) is 10.3. The van der Waals surface area contributed by atoms with Crippen molar-refractivity contribution in [3.8, 4) is 0 Å². The van der Waals surface area contributed by atoms with Crippen LogP contribution in [0.1, 0.15) is 15.9 Å². The summed E-state index contributed by atoms with van der Waals surface area (Å²) in [4.78, 5) is 24.7. The van der Waals surface area contributed by atoms with Gasteiger partial charge in [0, 0.05) is 0 Å². The molecule has 0 radical (unpaired) electrons. The molecular weight excluding hydrogens is 264 g/mol. The number of ketones is 1. The van der Waals surface area contributed by atoms with Crippen LogP contribution in [0.4, 0.5) is 14.5 Å². The van der Waals surface area contributed by atoms with Crippen LogP contribution in [0.25, 0.3) is 0 Å². The Morgan fingerprint density at radius 2 is 1.75 bits per heavy atom. The molecule has 0 aliphatic carbocycles. The monoisotopic (exact) mass is 273 g/mol. The van der Waals surface area contributed by atoms with Gasteiger partial charge in [-0.05, 0) is 29.8 Å². The Kier molecular flexibility index (Phi) is 2.82. The lowest BCUT2D eigenvalue weighted by atomic mass is 10.1. The number of carbonyl (C=O) groups is 2. The van der Waals surface area contributed by atoms with Crippen LogP contribution in [0.5, 0.6) is 0 Å². The number of nitrogens with zero attached hydrogens (tertiary/aromatic N) is 1. The fourth-order valence-electron chi connectivity index (χ4n) is 2.28. The van der Waals surface area contributed by atoms with E-state index >= 15 is 0 Å². The maximum atomic E-state index is 13.8. The maximum Gasteiger partial charge on any atom is 0.299 e. The number of Topliss-reactive ketones (excluding diaryl/α,β-unsaturated/α-hetero) is 1. The van der Waals surface area contributed by atoms with Gasteiger partial charge in [0.2, 0.25) is 0 Å². The number of rotatable bonds is 2. The van der Waals surface area contributed by atoms with Crippen LogP contribution in [0.3, 0.4) is 0 Å². The first-order valence-electron chi connectivity index (χ1n) is 5.97. The molecule has 0 aromatic heterocycles. The van der Waals surface area contributed by atoms with Crippen molar-refractivity contribution in [2.45, 2.75) is 6.54 Å². The molecule has 100 valence electrons. The second-order valence-corrected chi connectivity index (χ2v) is 4.49. The van der Waals surface area contributed by atoms with Crippen LogP contribution in [0.15, 0.2) is 42.5 Å². The third-order valence-electron chi connectivity index (χ3n) is 3.17. The molecule has 20 heavy (non-hydrogen) atoms.